The SMILES string of the molecule is COc1cc(-c2csc(=Nc3ccc(Cl)cc3Cl)n2C[C@H]2CCCO2)cc(OC)c1OC. The molecule has 32 heavy (non-hydrogen) atoms. The smallest absolute Gasteiger partial charge is 0.203 e. The van der Waals surface area contributed by atoms with Crippen LogP contribution >= 0.6 is 34.5 Å². The Morgan fingerprint density at radius 3 is 2.44 bits per heavy atom. The van der Waals surface area contributed by atoms with E-state index in [4.69, 9.17) is 47.1 Å². The van der Waals surface area contributed by atoms with Gasteiger partial charge in [0.2, 0.25) is 5.75 Å². The molecule has 0 radical (unpaired) electrons. The maximum Gasteiger partial charge on any atom is 0.203 e. The lowest BCUT2D eigenvalue weighted by Gasteiger charge is -2.17. The molecule has 0 N–H and O–H groups in total. The van der Waals surface area contributed by atoms with Gasteiger partial charge in [-0.05, 0) is 43.2 Å². The van der Waals surface area contributed by atoms with Crippen LogP contribution in [0.25, 0.3) is 11.3 Å². The van der Waals surface area contributed by atoms with Gasteiger partial charge in [0.25, 0.3) is 0 Å². The Labute approximate surface area is 200 Å². The van der Waals surface area contributed by atoms with E-state index in [1.165, 1.54) is 11.3 Å². The number of hydrogen-bond acceptors (Lipinski definition) is 6. The number of nitrogens with zero attached hydrogens (tertiary/aromatic N) is 2. The maximum atomic E-state index is 6.38. The summed E-state index contributed by atoms with van der Waals surface area (Å²) in [5.41, 5.74) is 2.57. The second-order valence-corrected chi connectivity index (χ2v) is 8.95. The van der Waals surface area contributed by atoms with Crippen LogP contribution in [0.3, 0.4) is 0 Å². The Bertz CT molecular complexity index is 1140. The summed E-state index contributed by atoms with van der Waals surface area (Å²) in [6.45, 7) is 1.46. The Balaban J connectivity index is 1.87. The van der Waals surface area contributed by atoms with Crippen molar-refractivity contribution in [1.29, 1.82) is 0 Å². The van der Waals surface area contributed by atoms with Gasteiger partial charge in [0.05, 0.1) is 50.4 Å². The van der Waals surface area contributed by atoms with Crippen molar-refractivity contribution < 1.29 is 18.9 Å². The number of methoxy groups -OCH3 is 3. The van der Waals surface area contributed by atoms with Gasteiger partial charge in [-0.1, -0.05) is 23.2 Å². The molecule has 1 aliphatic heterocycles. The number of ether oxygens (including phenoxy) is 4. The van der Waals surface area contributed by atoms with Gasteiger partial charge in [-0.2, -0.15) is 0 Å². The zero-order chi connectivity index (χ0) is 22.7. The van der Waals surface area contributed by atoms with Crippen LogP contribution in [-0.2, 0) is 11.3 Å². The average Bonchev–Trinajstić information content (AvgIpc) is 3.45. The molecule has 0 amide bonds. The topological polar surface area (TPSA) is 54.2 Å². The summed E-state index contributed by atoms with van der Waals surface area (Å²) in [5.74, 6) is 1.74. The van der Waals surface area contributed by atoms with Crippen LogP contribution < -0.4 is 19.0 Å². The van der Waals surface area contributed by atoms with Crippen molar-refractivity contribution in [3.8, 4) is 28.5 Å². The minimum absolute atomic E-state index is 0.130. The second-order valence-electron chi connectivity index (χ2n) is 7.27. The van der Waals surface area contributed by atoms with E-state index in [-0.39, 0.29) is 6.10 Å². The van der Waals surface area contributed by atoms with Gasteiger partial charge in [0.15, 0.2) is 16.3 Å². The predicted octanol–water partition coefficient (Wildman–Crippen LogP) is 5.96. The van der Waals surface area contributed by atoms with E-state index in [2.05, 4.69) is 9.95 Å². The average molecular weight is 495 g/mol. The Morgan fingerprint density at radius 2 is 1.84 bits per heavy atom. The van der Waals surface area contributed by atoms with Crippen molar-refractivity contribution in [3.63, 3.8) is 0 Å². The first-order chi connectivity index (χ1) is 15.5. The molecule has 0 aliphatic carbocycles. The van der Waals surface area contributed by atoms with Crippen molar-refractivity contribution in [2.45, 2.75) is 25.5 Å². The van der Waals surface area contributed by atoms with Gasteiger partial charge < -0.3 is 23.5 Å². The van der Waals surface area contributed by atoms with E-state index in [9.17, 15) is 0 Å². The highest BCUT2D eigenvalue weighted by Crippen LogP contribution is 2.41. The number of rotatable bonds is 7. The molecule has 0 saturated carbocycles. The van der Waals surface area contributed by atoms with E-state index in [1.807, 2.05) is 18.2 Å². The first kappa shape index (κ1) is 23.0. The summed E-state index contributed by atoms with van der Waals surface area (Å²) in [6.07, 6.45) is 2.20. The van der Waals surface area contributed by atoms with E-state index in [0.717, 1.165) is 35.5 Å². The summed E-state index contributed by atoms with van der Waals surface area (Å²) in [6, 6.07) is 9.17. The molecule has 1 fully saturated rings. The van der Waals surface area contributed by atoms with E-state index < -0.39 is 0 Å². The maximum absolute atomic E-state index is 6.38. The number of benzene rings is 2. The second kappa shape index (κ2) is 10.2. The number of hydrogen-bond donors (Lipinski definition) is 0. The fourth-order valence-corrected chi connectivity index (χ4v) is 5.10. The molecule has 0 spiro atoms. The summed E-state index contributed by atoms with van der Waals surface area (Å²) in [7, 11) is 4.81. The molecule has 2 heterocycles. The minimum Gasteiger partial charge on any atom is -0.493 e. The van der Waals surface area contributed by atoms with Crippen molar-refractivity contribution in [2.75, 3.05) is 27.9 Å². The number of halogens is 2. The molecule has 2 aromatic carbocycles. The van der Waals surface area contributed by atoms with Crippen molar-refractivity contribution in [3.05, 3.63) is 50.6 Å². The summed E-state index contributed by atoms with van der Waals surface area (Å²) in [5, 5.41) is 3.15. The monoisotopic (exact) mass is 494 g/mol. The molecule has 1 aromatic heterocycles. The third kappa shape index (κ3) is 4.76. The van der Waals surface area contributed by atoms with Crippen LogP contribution in [0.1, 0.15) is 12.8 Å². The summed E-state index contributed by atoms with van der Waals surface area (Å²) < 4.78 is 24.7. The fraction of sp³-hybridized carbons (Fsp3) is 0.348. The van der Waals surface area contributed by atoms with Crippen molar-refractivity contribution in [2.24, 2.45) is 4.99 Å². The minimum atomic E-state index is 0.130. The van der Waals surface area contributed by atoms with Gasteiger partial charge in [-0.15, -0.1) is 11.3 Å². The van der Waals surface area contributed by atoms with E-state index in [1.54, 1.807) is 33.5 Å². The van der Waals surface area contributed by atoms with Gasteiger partial charge >= 0.3 is 0 Å². The molecular formula is C23H24Cl2N2O4S. The van der Waals surface area contributed by atoms with Crippen LogP contribution in [0.15, 0.2) is 40.7 Å². The van der Waals surface area contributed by atoms with Gasteiger partial charge in [0, 0.05) is 22.6 Å². The van der Waals surface area contributed by atoms with Gasteiger partial charge in [-0.25, -0.2) is 4.99 Å². The van der Waals surface area contributed by atoms with Crippen LogP contribution in [0, 0.1) is 0 Å². The van der Waals surface area contributed by atoms with Crippen LogP contribution in [0.2, 0.25) is 10.0 Å². The Kier molecular flexibility index (Phi) is 7.30. The Hall–Kier alpha value is -2.19. The number of aromatic nitrogens is 1. The molecule has 0 bridgehead atoms. The van der Waals surface area contributed by atoms with Gasteiger partial charge in [0.1, 0.15) is 0 Å². The quantitative estimate of drug-likeness (QED) is 0.406. The molecule has 170 valence electrons. The van der Waals surface area contributed by atoms with E-state index in [0.29, 0.717) is 39.5 Å². The standard InChI is InChI=1S/C23H24Cl2N2O4S/c1-28-20-9-14(10-21(29-2)22(20)30-3)19-13-32-23(27(19)12-16-5-4-8-31-16)26-18-7-6-15(24)11-17(18)25/h6-7,9-11,13,16H,4-5,8,12H2,1-3H3/t16-/m1/s1. The summed E-state index contributed by atoms with van der Waals surface area (Å²) in [4.78, 5) is 5.65. The molecule has 1 atom stereocenters. The van der Waals surface area contributed by atoms with Crippen LogP contribution in [0.5, 0.6) is 17.2 Å². The van der Waals surface area contributed by atoms with Gasteiger partial charge in [-0.3, -0.25) is 0 Å². The van der Waals surface area contributed by atoms with Crippen molar-refractivity contribution >= 4 is 40.2 Å². The van der Waals surface area contributed by atoms with E-state index >= 15 is 0 Å². The highest BCUT2D eigenvalue weighted by Gasteiger charge is 2.21. The zero-order valence-corrected chi connectivity index (χ0v) is 20.4. The fourth-order valence-electron chi connectivity index (χ4n) is 3.72. The molecule has 4 rings (SSSR count). The molecular weight excluding hydrogens is 471 g/mol. The highest BCUT2D eigenvalue weighted by atomic mass is 35.5. The Morgan fingerprint density at radius 1 is 1.09 bits per heavy atom. The lowest BCUT2D eigenvalue weighted by Crippen LogP contribution is -2.24. The first-order valence-corrected chi connectivity index (χ1v) is 11.8. The number of thiazole rings is 1. The molecule has 1 saturated heterocycles. The molecule has 1 aliphatic rings. The third-order valence-electron chi connectivity index (χ3n) is 5.29. The molecule has 9 heteroatoms. The summed E-state index contributed by atoms with van der Waals surface area (Å²) >= 11 is 14.0. The van der Waals surface area contributed by atoms with Crippen molar-refractivity contribution in [1.82, 2.24) is 4.57 Å². The van der Waals surface area contributed by atoms with Crippen LogP contribution in [0.4, 0.5) is 5.69 Å². The highest BCUT2D eigenvalue weighted by molar-refractivity contribution is 7.07. The first-order valence-electron chi connectivity index (χ1n) is 10.1. The zero-order valence-electron chi connectivity index (χ0n) is 18.1. The largest absolute Gasteiger partial charge is 0.493 e. The molecule has 0 unspecified atom stereocenters. The lowest BCUT2D eigenvalue weighted by atomic mass is 10.1. The molecule has 3 aromatic rings. The normalized spacial score (nSPS) is 16.4. The predicted molar refractivity (Wildman–Crippen MR) is 128 cm³/mol. The van der Waals surface area contributed by atoms with Crippen LogP contribution in [-0.4, -0.2) is 38.6 Å². The molecule has 6 nitrogen and oxygen atoms in total. The third-order valence-corrected chi connectivity index (χ3v) is 6.70. The lowest BCUT2D eigenvalue weighted by molar-refractivity contribution is 0.0968.